The van der Waals surface area contributed by atoms with E-state index in [-0.39, 0.29) is 32.2 Å². The summed E-state index contributed by atoms with van der Waals surface area (Å²) in [6.45, 7) is 1.96. The number of amides is 3. The normalized spacial score (nSPS) is 11.9. The van der Waals surface area contributed by atoms with Crippen LogP contribution in [-0.2, 0) is 16.0 Å². The van der Waals surface area contributed by atoms with E-state index in [1.165, 1.54) is 0 Å². The molecular formula is C27H26N3O7-. The number of carbonyl (C=O) groups is 3. The number of carboxylic acids is 1. The first-order chi connectivity index (χ1) is 17.7. The number of hydrogen-bond acceptors (Lipinski definition) is 7. The van der Waals surface area contributed by atoms with Crippen LogP contribution in [0.1, 0.15) is 30.4 Å². The fraction of sp³-hybridized carbons (Fsp3) is 0.259. The van der Waals surface area contributed by atoms with Crippen molar-refractivity contribution in [2.24, 2.45) is 5.73 Å². The molecule has 2 aromatic carbocycles. The van der Waals surface area contributed by atoms with Crippen molar-refractivity contribution in [2.45, 2.75) is 38.6 Å². The zero-order valence-electron chi connectivity index (χ0n) is 20.2. The molecule has 10 heteroatoms. The number of furan rings is 1. The molecule has 0 aliphatic rings. The van der Waals surface area contributed by atoms with Crippen molar-refractivity contribution in [1.29, 1.82) is 0 Å². The zero-order chi connectivity index (χ0) is 26.5. The lowest BCUT2D eigenvalue weighted by Gasteiger charge is -2.19. The molecule has 192 valence electrons. The van der Waals surface area contributed by atoms with Gasteiger partial charge in [0.1, 0.15) is 11.2 Å². The molecule has 0 aliphatic heterocycles. The standard InChI is InChI=1S/C27H27N3O7/c1-15-17(9-10-24(31)30-21(25(32)33)8-5-11-29-27(28)35)26(34)37-23-13-22-19(12-18(15)23)20(14-36-22)16-6-3-2-4-7-16/h2-4,6-7,12-14,21H,5,8-11H2,1H3,(H,30,31)(H,32,33)(H3,28,29,35)/p-1/t21-/m0/s1. The van der Waals surface area contributed by atoms with Gasteiger partial charge in [-0.1, -0.05) is 30.3 Å². The predicted molar refractivity (Wildman–Crippen MR) is 135 cm³/mol. The molecule has 3 amide bonds. The number of rotatable bonds is 10. The molecule has 1 atom stereocenters. The fourth-order valence-corrected chi connectivity index (χ4v) is 4.31. The van der Waals surface area contributed by atoms with Gasteiger partial charge in [-0.2, -0.15) is 0 Å². The number of aryl methyl sites for hydroxylation is 1. The lowest BCUT2D eigenvalue weighted by Crippen LogP contribution is -2.48. The third-order valence-electron chi connectivity index (χ3n) is 6.26. The maximum atomic E-state index is 12.7. The summed E-state index contributed by atoms with van der Waals surface area (Å²) in [5, 5.41) is 17.7. The molecule has 0 saturated heterocycles. The number of benzene rings is 2. The SMILES string of the molecule is Cc1c(CCC(=O)N[C@@H](CCCNC(N)=O)C(=O)[O-])c(=O)oc2cc3occ(-c4ccccc4)c3cc12. The van der Waals surface area contributed by atoms with Crippen LogP contribution in [0.4, 0.5) is 4.79 Å². The molecule has 2 heterocycles. The Morgan fingerprint density at radius 1 is 1.08 bits per heavy atom. The number of nitrogens with one attached hydrogen (secondary N) is 2. The number of fused-ring (bicyclic) bond motifs is 2. The van der Waals surface area contributed by atoms with Crippen molar-refractivity contribution in [2.75, 3.05) is 6.54 Å². The number of hydrogen-bond donors (Lipinski definition) is 3. The second kappa shape index (κ2) is 11.0. The van der Waals surface area contributed by atoms with Crippen molar-refractivity contribution in [1.82, 2.24) is 10.6 Å². The van der Waals surface area contributed by atoms with Gasteiger partial charge in [0.15, 0.2) is 0 Å². The summed E-state index contributed by atoms with van der Waals surface area (Å²) in [4.78, 5) is 47.3. The highest BCUT2D eigenvalue weighted by molar-refractivity contribution is 6.02. The van der Waals surface area contributed by atoms with Gasteiger partial charge in [0, 0.05) is 40.9 Å². The van der Waals surface area contributed by atoms with E-state index in [4.69, 9.17) is 14.6 Å². The Labute approximate surface area is 211 Å². The molecule has 10 nitrogen and oxygen atoms in total. The van der Waals surface area contributed by atoms with Gasteiger partial charge < -0.3 is 35.1 Å². The Kier molecular flexibility index (Phi) is 7.57. The maximum absolute atomic E-state index is 12.7. The van der Waals surface area contributed by atoms with E-state index in [1.54, 1.807) is 19.3 Å². The summed E-state index contributed by atoms with van der Waals surface area (Å²) in [5.41, 5.74) is 8.27. The maximum Gasteiger partial charge on any atom is 0.339 e. The minimum Gasteiger partial charge on any atom is -0.548 e. The van der Waals surface area contributed by atoms with E-state index in [9.17, 15) is 24.3 Å². The van der Waals surface area contributed by atoms with E-state index < -0.39 is 29.6 Å². The van der Waals surface area contributed by atoms with Crippen LogP contribution in [-0.4, -0.2) is 30.5 Å². The summed E-state index contributed by atoms with van der Waals surface area (Å²) < 4.78 is 11.2. The van der Waals surface area contributed by atoms with E-state index in [1.807, 2.05) is 36.4 Å². The van der Waals surface area contributed by atoms with Crippen molar-refractivity contribution in [3.05, 3.63) is 70.3 Å². The number of carboxylic acid groups (broad SMARTS) is 1. The molecule has 4 rings (SSSR count). The predicted octanol–water partition coefficient (Wildman–Crippen LogP) is 2.13. The van der Waals surface area contributed by atoms with Crippen LogP contribution in [0, 0.1) is 6.92 Å². The van der Waals surface area contributed by atoms with Crippen LogP contribution >= 0.6 is 0 Å². The molecule has 0 fully saturated rings. The highest BCUT2D eigenvalue weighted by Gasteiger charge is 2.18. The molecule has 0 spiro atoms. The minimum atomic E-state index is -1.44. The second-order valence-corrected chi connectivity index (χ2v) is 8.73. The topological polar surface area (TPSA) is 168 Å². The van der Waals surface area contributed by atoms with Crippen molar-refractivity contribution >= 4 is 39.8 Å². The molecule has 4 aromatic rings. The highest BCUT2D eigenvalue weighted by atomic mass is 16.4. The molecule has 2 aromatic heterocycles. The number of nitrogens with two attached hydrogens (primary N) is 1. The van der Waals surface area contributed by atoms with Gasteiger partial charge in [0.05, 0.1) is 18.3 Å². The van der Waals surface area contributed by atoms with Crippen LogP contribution in [0.25, 0.3) is 33.1 Å². The Bertz CT molecular complexity index is 1520. The van der Waals surface area contributed by atoms with Crippen LogP contribution in [0.5, 0.6) is 0 Å². The van der Waals surface area contributed by atoms with Crippen molar-refractivity contribution < 1.29 is 28.3 Å². The Morgan fingerprint density at radius 2 is 1.84 bits per heavy atom. The van der Waals surface area contributed by atoms with Crippen molar-refractivity contribution in [3.63, 3.8) is 0 Å². The first kappa shape index (κ1) is 25.5. The van der Waals surface area contributed by atoms with E-state index in [2.05, 4.69) is 10.6 Å². The molecule has 0 radical (unpaired) electrons. The highest BCUT2D eigenvalue weighted by Crippen LogP contribution is 2.34. The first-order valence-electron chi connectivity index (χ1n) is 11.8. The molecule has 4 N–H and O–H groups in total. The van der Waals surface area contributed by atoms with Crippen LogP contribution in [0.2, 0.25) is 0 Å². The summed E-state index contributed by atoms with van der Waals surface area (Å²) >= 11 is 0. The largest absolute Gasteiger partial charge is 0.548 e. The lowest BCUT2D eigenvalue weighted by atomic mass is 9.99. The number of urea groups is 1. The smallest absolute Gasteiger partial charge is 0.339 e. The Balaban J connectivity index is 1.52. The van der Waals surface area contributed by atoms with Crippen LogP contribution in [0.15, 0.2) is 62.4 Å². The van der Waals surface area contributed by atoms with Gasteiger partial charge >= 0.3 is 11.7 Å². The molecule has 37 heavy (non-hydrogen) atoms. The lowest BCUT2D eigenvalue weighted by molar-refractivity contribution is -0.308. The number of carbonyl (C=O) groups excluding carboxylic acids is 3. The average molecular weight is 505 g/mol. The summed E-state index contributed by atoms with van der Waals surface area (Å²) in [6.07, 6.45) is 1.94. The first-order valence-corrected chi connectivity index (χ1v) is 11.8. The van der Waals surface area contributed by atoms with Crippen molar-refractivity contribution in [3.8, 4) is 11.1 Å². The summed E-state index contributed by atoms with van der Waals surface area (Å²) in [6, 6.07) is 11.4. The number of aliphatic carboxylic acids is 1. The third-order valence-corrected chi connectivity index (χ3v) is 6.26. The van der Waals surface area contributed by atoms with E-state index >= 15 is 0 Å². The molecular weight excluding hydrogens is 478 g/mol. The molecule has 0 saturated carbocycles. The molecule has 0 bridgehead atoms. The third kappa shape index (κ3) is 5.80. The van der Waals surface area contributed by atoms with Crippen LogP contribution in [0.3, 0.4) is 0 Å². The van der Waals surface area contributed by atoms with E-state index in [0.29, 0.717) is 22.3 Å². The van der Waals surface area contributed by atoms with Gasteiger partial charge in [-0.05, 0) is 43.4 Å². The van der Waals surface area contributed by atoms with Crippen LogP contribution < -0.4 is 27.1 Å². The Morgan fingerprint density at radius 3 is 2.54 bits per heavy atom. The van der Waals surface area contributed by atoms with Gasteiger partial charge in [0.2, 0.25) is 5.91 Å². The quantitative estimate of drug-likeness (QED) is 0.220. The fourth-order valence-electron chi connectivity index (χ4n) is 4.31. The average Bonchev–Trinajstić information content (AvgIpc) is 3.27. The zero-order valence-corrected chi connectivity index (χ0v) is 20.2. The minimum absolute atomic E-state index is 0.0515. The second-order valence-electron chi connectivity index (χ2n) is 8.73. The number of primary amides is 1. The Hall–Kier alpha value is -4.60. The van der Waals surface area contributed by atoms with Gasteiger partial charge in [-0.3, -0.25) is 4.79 Å². The van der Waals surface area contributed by atoms with E-state index in [0.717, 1.165) is 21.9 Å². The summed E-state index contributed by atoms with van der Waals surface area (Å²) in [5.74, 6) is -1.99. The van der Waals surface area contributed by atoms with Gasteiger partial charge in [-0.15, -0.1) is 0 Å². The summed E-state index contributed by atoms with van der Waals surface area (Å²) in [7, 11) is 0. The molecule has 0 unspecified atom stereocenters. The monoisotopic (exact) mass is 504 g/mol. The van der Waals surface area contributed by atoms with Gasteiger partial charge in [0.25, 0.3) is 0 Å². The molecule has 0 aliphatic carbocycles. The van der Waals surface area contributed by atoms with Gasteiger partial charge in [-0.25, -0.2) is 9.59 Å².